The maximum atomic E-state index is 13.7. The number of nitriles is 1. The summed E-state index contributed by atoms with van der Waals surface area (Å²) in [6.07, 6.45) is 2.57. The summed E-state index contributed by atoms with van der Waals surface area (Å²) in [6, 6.07) is 19.8. The third-order valence-electron chi connectivity index (χ3n) is 7.23. The van der Waals surface area contributed by atoms with Crippen LogP contribution in [0.25, 0.3) is 55.7 Å². The summed E-state index contributed by atoms with van der Waals surface area (Å²) < 4.78 is 46.4. The van der Waals surface area contributed by atoms with Crippen LogP contribution in [0.2, 0.25) is 0 Å². The number of benzene rings is 3. The number of amides is 1. The van der Waals surface area contributed by atoms with Crippen molar-refractivity contribution in [1.29, 1.82) is 5.26 Å². The van der Waals surface area contributed by atoms with Gasteiger partial charge in [-0.3, -0.25) is 9.10 Å². The number of anilines is 1. The monoisotopic (exact) mass is 594 g/mol. The second-order valence-corrected chi connectivity index (χ2v) is 11.9. The number of halogens is 1. The van der Waals surface area contributed by atoms with E-state index in [1.165, 1.54) is 44.6 Å². The molecule has 0 unspecified atom stereocenters. The van der Waals surface area contributed by atoms with Gasteiger partial charge >= 0.3 is 0 Å². The predicted molar refractivity (Wildman–Crippen MR) is 161 cm³/mol. The number of carbonyl (C=O) groups is 1. The topological polar surface area (TPSA) is 145 Å². The average Bonchev–Trinajstić information content (AvgIpc) is 3.61. The summed E-state index contributed by atoms with van der Waals surface area (Å²) in [5, 5.41) is 21.7. The molecule has 6 rings (SSSR count). The van der Waals surface area contributed by atoms with Crippen molar-refractivity contribution >= 4 is 43.5 Å². The second kappa shape index (κ2) is 10.4. The van der Waals surface area contributed by atoms with E-state index in [1.54, 1.807) is 30.3 Å². The maximum absolute atomic E-state index is 13.7. The molecule has 43 heavy (non-hydrogen) atoms. The Kier molecular flexibility index (Phi) is 6.67. The number of carbonyl (C=O) groups excluding carboxylic acids is 1. The van der Waals surface area contributed by atoms with Crippen molar-refractivity contribution in [1.82, 2.24) is 20.5 Å². The highest BCUT2D eigenvalue weighted by atomic mass is 32.2. The van der Waals surface area contributed by atoms with Crippen molar-refractivity contribution in [2.75, 3.05) is 24.7 Å². The van der Waals surface area contributed by atoms with Crippen LogP contribution in [0.5, 0.6) is 0 Å². The van der Waals surface area contributed by atoms with E-state index < -0.39 is 21.7 Å². The van der Waals surface area contributed by atoms with Crippen molar-refractivity contribution in [2.45, 2.75) is 0 Å². The lowest BCUT2D eigenvalue weighted by atomic mass is 9.99. The molecular formula is C31H23FN6O4S. The first-order valence-electron chi connectivity index (χ1n) is 13.0. The van der Waals surface area contributed by atoms with E-state index in [2.05, 4.69) is 26.6 Å². The van der Waals surface area contributed by atoms with Gasteiger partial charge in [0, 0.05) is 53.1 Å². The summed E-state index contributed by atoms with van der Waals surface area (Å²) in [4.78, 5) is 16.4. The van der Waals surface area contributed by atoms with Gasteiger partial charge in [-0.2, -0.15) is 10.4 Å². The van der Waals surface area contributed by atoms with Crippen molar-refractivity contribution in [2.24, 2.45) is 0 Å². The number of hydrogen-bond acceptors (Lipinski definition) is 7. The van der Waals surface area contributed by atoms with E-state index >= 15 is 0 Å². The first-order chi connectivity index (χ1) is 20.6. The number of nitrogens with one attached hydrogen (secondary N) is 2. The summed E-state index contributed by atoms with van der Waals surface area (Å²) >= 11 is 0. The van der Waals surface area contributed by atoms with E-state index in [1.807, 2.05) is 12.1 Å². The normalized spacial score (nSPS) is 11.5. The molecule has 214 valence electrons. The van der Waals surface area contributed by atoms with Gasteiger partial charge in [-0.15, -0.1) is 5.10 Å². The molecule has 6 aromatic rings. The first kappa shape index (κ1) is 27.6. The number of fused-ring (bicyclic) bond motifs is 2. The molecule has 12 heteroatoms. The highest BCUT2D eigenvalue weighted by Crippen LogP contribution is 2.41. The summed E-state index contributed by atoms with van der Waals surface area (Å²) in [5.41, 5.74) is 4.50. The molecule has 10 nitrogen and oxygen atoms in total. The quantitative estimate of drug-likeness (QED) is 0.260. The molecule has 0 aliphatic rings. The highest BCUT2D eigenvalue weighted by Gasteiger charge is 2.26. The second-order valence-electron chi connectivity index (χ2n) is 9.88. The molecule has 3 heterocycles. The SMILES string of the molecule is CNC(=O)c1c(-c2ccc(F)cc2)oc2cc(N(C)S(C)(=O)=O)c(-c3cnnc(-c4cc5c(C#N)cccc5[nH]4)c3)cc12. The summed E-state index contributed by atoms with van der Waals surface area (Å²) in [5.74, 6) is -0.673. The molecule has 0 spiro atoms. The number of aromatic amines is 1. The van der Waals surface area contributed by atoms with Crippen molar-refractivity contribution in [3.63, 3.8) is 0 Å². The van der Waals surface area contributed by atoms with Gasteiger partial charge < -0.3 is 14.7 Å². The first-order valence-corrected chi connectivity index (χ1v) is 14.8. The fraction of sp³-hybridized carbons (Fsp3) is 0.0968. The Balaban J connectivity index is 1.60. The molecule has 1 amide bonds. The van der Waals surface area contributed by atoms with Crippen LogP contribution in [0.15, 0.2) is 77.3 Å². The number of aromatic nitrogens is 3. The van der Waals surface area contributed by atoms with Crippen LogP contribution in [-0.2, 0) is 10.0 Å². The average molecular weight is 595 g/mol. The van der Waals surface area contributed by atoms with Gasteiger partial charge in [0.05, 0.1) is 41.0 Å². The molecule has 0 bridgehead atoms. The number of furan rings is 1. The van der Waals surface area contributed by atoms with Gasteiger partial charge in [0.15, 0.2) is 0 Å². The Labute approximate surface area is 245 Å². The lowest BCUT2D eigenvalue weighted by Crippen LogP contribution is -2.25. The molecule has 3 aromatic heterocycles. The molecule has 0 aliphatic carbocycles. The number of nitrogens with zero attached hydrogens (tertiary/aromatic N) is 4. The van der Waals surface area contributed by atoms with Crippen LogP contribution < -0.4 is 9.62 Å². The van der Waals surface area contributed by atoms with Gasteiger partial charge in [0.1, 0.15) is 22.9 Å². The Morgan fingerprint density at radius 1 is 1.07 bits per heavy atom. The molecule has 0 saturated heterocycles. The number of hydrogen-bond donors (Lipinski definition) is 2. The minimum Gasteiger partial charge on any atom is -0.455 e. The summed E-state index contributed by atoms with van der Waals surface area (Å²) in [7, 11) is -0.823. The highest BCUT2D eigenvalue weighted by molar-refractivity contribution is 7.92. The van der Waals surface area contributed by atoms with Crippen molar-refractivity contribution < 1.29 is 22.0 Å². The molecule has 0 radical (unpaired) electrons. The van der Waals surface area contributed by atoms with Gasteiger partial charge in [0.25, 0.3) is 5.91 Å². The smallest absolute Gasteiger partial charge is 0.255 e. The van der Waals surface area contributed by atoms with Gasteiger partial charge in [-0.25, -0.2) is 12.8 Å². The molecule has 0 saturated carbocycles. The fourth-order valence-electron chi connectivity index (χ4n) is 4.99. The lowest BCUT2D eigenvalue weighted by Gasteiger charge is -2.20. The lowest BCUT2D eigenvalue weighted by molar-refractivity contribution is 0.0964. The van der Waals surface area contributed by atoms with E-state index in [-0.39, 0.29) is 22.6 Å². The van der Waals surface area contributed by atoms with Crippen molar-refractivity contribution in [3.8, 4) is 39.9 Å². The van der Waals surface area contributed by atoms with Gasteiger partial charge in [0.2, 0.25) is 10.0 Å². The van der Waals surface area contributed by atoms with Crippen LogP contribution >= 0.6 is 0 Å². The van der Waals surface area contributed by atoms with Crippen LogP contribution in [0.1, 0.15) is 15.9 Å². The largest absolute Gasteiger partial charge is 0.455 e. The van der Waals surface area contributed by atoms with Crippen LogP contribution in [0.4, 0.5) is 10.1 Å². The molecule has 0 atom stereocenters. The van der Waals surface area contributed by atoms with Crippen molar-refractivity contribution in [3.05, 3.63) is 89.9 Å². The number of H-pyrrole nitrogens is 1. The minimum atomic E-state index is -3.73. The number of sulfonamides is 1. The van der Waals surface area contributed by atoms with E-state index in [4.69, 9.17) is 4.42 Å². The third kappa shape index (κ3) is 4.85. The summed E-state index contributed by atoms with van der Waals surface area (Å²) in [6.45, 7) is 0. The molecule has 0 aliphatic heterocycles. The zero-order chi connectivity index (χ0) is 30.5. The molecule has 2 N–H and O–H groups in total. The Bertz CT molecular complexity index is 2220. The Hall–Kier alpha value is -5.54. The Morgan fingerprint density at radius 2 is 1.84 bits per heavy atom. The van der Waals surface area contributed by atoms with Crippen LogP contribution in [-0.4, -0.2) is 49.9 Å². The molecule has 3 aromatic carbocycles. The van der Waals surface area contributed by atoms with Gasteiger partial charge in [-0.1, -0.05) is 6.07 Å². The molecular weight excluding hydrogens is 571 g/mol. The van der Waals surface area contributed by atoms with E-state index in [0.717, 1.165) is 21.5 Å². The fourth-order valence-corrected chi connectivity index (χ4v) is 5.50. The molecule has 0 fully saturated rings. The minimum absolute atomic E-state index is 0.208. The Morgan fingerprint density at radius 3 is 2.53 bits per heavy atom. The zero-order valence-electron chi connectivity index (χ0n) is 23.1. The predicted octanol–water partition coefficient (Wildman–Crippen LogP) is 5.47. The number of rotatable bonds is 6. The zero-order valence-corrected chi connectivity index (χ0v) is 24.0. The maximum Gasteiger partial charge on any atom is 0.255 e. The van der Waals surface area contributed by atoms with Crippen LogP contribution in [0, 0.1) is 17.1 Å². The van der Waals surface area contributed by atoms with Crippen LogP contribution in [0.3, 0.4) is 0 Å². The van der Waals surface area contributed by atoms with E-state index in [0.29, 0.717) is 39.0 Å². The van der Waals surface area contributed by atoms with Gasteiger partial charge in [-0.05, 0) is 54.6 Å². The third-order valence-corrected chi connectivity index (χ3v) is 8.42. The van der Waals surface area contributed by atoms with E-state index in [9.17, 15) is 22.9 Å². The standard InChI is InChI=1S/C31H23FN6O4S/c1-34-31(39)29-23-12-22(19-11-26(37-35-16-19)25-13-21-18(15-33)5-4-6-24(21)36-25)27(38(2)43(3,40)41)14-28(23)42-30(29)17-7-9-20(32)10-8-17/h4-14,16,36H,1-3H3,(H,34,39).